The summed E-state index contributed by atoms with van der Waals surface area (Å²) in [5.74, 6) is 0.858. The number of nitrogens with one attached hydrogen (secondary N) is 2. The highest BCUT2D eigenvalue weighted by atomic mass is 32.1. The molecule has 0 saturated carbocycles. The van der Waals surface area contributed by atoms with E-state index in [2.05, 4.69) is 15.5 Å². The van der Waals surface area contributed by atoms with Crippen molar-refractivity contribution in [3.8, 4) is 0 Å². The van der Waals surface area contributed by atoms with Crippen molar-refractivity contribution in [3.63, 3.8) is 0 Å². The molecule has 0 aromatic carbocycles. The first-order valence-electron chi connectivity index (χ1n) is 7.59. The largest absolute Gasteiger partial charge is 0.354 e. The van der Waals surface area contributed by atoms with Gasteiger partial charge in [-0.3, -0.25) is 14.7 Å². The number of nitrogens with zero attached hydrogens (tertiary/aromatic N) is 3. The molecular formula is C14H23N5O2S. The maximum atomic E-state index is 12.4. The molecule has 1 aliphatic heterocycles. The second-order valence-corrected chi connectivity index (χ2v) is 6.31. The smallest absolute Gasteiger partial charge is 0.243 e. The molecule has 8 heteroatoms. The first-order chi connectivity index (χ1) is 10.4. The number of carbonyl (C=O) groups excluding carboxylic acids is 2. The van der Waals surface area contributed by atoms with Crippen LogP contribution in [0.15, 0.2) is 0 Å². The Morgan fingerprint density at radius 1 is 1.50 bits per heavy atom. The van der Waals surface area contributed by atoms with E-state index in [1.807, 2.05) is 20.9 Å². The summed E-state index contributed by atoms with van der Waals surface area (Å²) in [6, 6.07) is -0.391. The van der Waals surface area contributed by atoms with Gasteiger partial charge in [-0.25, -0.2) is 0 Å². The standard InChI is InChI=1S/C14H23N5O2S/c1-9(2)12(19-8-4-5-11(19)20)13(21)15-7-6-10-16-17-14(22)18(10)3/h9,12H,4-8H2,1-3H3,(H,15,21)(H,17,22)/t12-/m0/s1. The van der Waals surface area contributed by atoms with E-state index >= 15 is 0 Å². The van der Waals surface area contributed by atoms with Crippen molar-refractivity contribution >= 4 is 24.0 Å². The number of aromatic nitrogens is 3. The molecule has 0 unspecified atom stereocenters. The first kappa shape index (κ1) is 16.7. The van der Waals surface area contributed by atoms with Crippen molar-refractivity contribution in [1.82, 2.24) is 25.0 Å². The third kappa shape index (κ3) is 3.55. The number of aromatic amines is 1. The summed E-state index contributed by atoms with van der Waals surface area (Å²) >= 11 is 5.05. The van der Waals surface area contributed by atoms with Crippen LogP contribution in [0.2, 0.25) is 0 Å². The Morgan fingerprint density at radius 3 is 2.73 bits per heavy atom. The van der Waals surface area contributed by atoms with E-state index < -0.39 is 6.04 Å². The highest BCUT2D eigenvalue weighted by molar-refractivity contribution is 7.71. The lowest BCUT2D eigenvalue weighted by Crippen LogP contribution is -2.50. The fourth-order valence-electron chi connectivity index (χ4n) is 2.77. The van der Waals surface area contributed by atoms with Crippen molar-refractivity contribution < 1.29 is 9.59 Å². The lowest BCUT2D eigenvalue weighted by molar-refractivity contribution is -0.139. The Kier molecular flexibility index (Phi) is 5.33. The van der Waals surface area contributed by atoms with Crippen LogP contribution in [0, 0.1) is 10.7 Å². The average Bonchev–Trinajstić information content (AvgIpc) is 3.00. The summed E-state index contributed by atoms with van der Waals surface area (Å²) in [7, 11) is 1.84. The molecule has 1 aliphatic rings. The Labute approximate surface area is 135 Å². The quantitative estimate of drug-likeness (QED) is 0.757. The number of rotatable bonds is 6. The van der Waals surface area contributed by atoms with Gasteiger partial charge < -0.3 is 14.8 Å². The average molecular weight is 325 g/mol. The van der Waals surface area contributed by atoms with Crippen LogP contribution in [0.5, 0.6) is 0 Å². The third-order valence-corrected chi connectivity index (χ3v) is 4.33. The molecule has 1 fully saturated rings. The van der Waals surface area contributed by atoms with Gasteiger partial charge in [0, 0.05) is 33.0 Å². The molecule has 1 atom stereocenters. The van der Waals surface area contributed by atoms with Crippen molar-refractivity contribution in [2.75, 3.05) is 13.1 Å². The van der Waals surface area contributed by atoms with Crippen LogP contribution < -0.4 is 5.32 Å². The fraction of sp³-hybridized carbons (Fsp3) is 0.714. The van der Waals surface area contributed by atoms with E-state index in [-0.39, 0.29) is 17.7 Å². The molecule has 1 aromatic heterocycles. The van der Waals surface area contributed by atoms with Crippen LogP contribution in [-0.2, 0) is 23.1 Å². The Hall–Kier alpha value is -1.70. The summed E-state index contributed by atoms with van der Waals surface area (Å²) in [4.78, 5) is 26.0. The van der Waals surface area contributed by atoms with Crippen LogP contribution >= 0.6 is 12.2 Å². The molecule has 2 amide bonds. The van der Waals surface area contributed by atoms with Crippen LogP contribution in [0.4, 0.5) is 0 Å². The fourth-order valence-corrected chi connectivity index (χ4v) is 2.92. The minimum absolute atomic E-state index is 0.0725. The zero-order chi connectivity index (χ0) is 16.3. The van der Waals surface area contributed by atoms with Gasteiger partial charge in [0.1, 0.15) is 11.9 Å². The molecule has 2 N–H and O–H groups in total. The van der Waals surface area contributed by atoms with Gasteiger partial charge in [-0.15, -0.1) is 0 Å². The first-order valence-corrected chi connectivity index (χ1v) is 8.00. The molecule has 0 bridgehead atoms. The molecule has 7 nitrogen and oxygen atoms in total. The second kappa shape index (κ2) is 7.04. The number of carbonyl (C=O) groups is 2. The van der Waals surface area contributed by atoms with Gasteiger partial charge in [-0.05, 0) is 24.6 Å². The van der Waals surface area contributed by atoms with Crippen molar-refractivity contribution in [3.05, 3.63) is 10.6 Å². The van der Waals surface area contributed by atoms with Gasteiger partial charge in [0.25, 0.3) is 0 Å². The van der Waals surface area contributed by atoms with Crippen LogP contribution in [0.1, 0.15) is 32.5 Å². The van der Waals surface area contributed by atoms with Gasteiger partial charge in [0.05, 0.1) is 0 Å². The summed E-state index contributed by atoms with van der Waals surface area (Å²) in [5, 5.41) is 9.74. The minimum Gasteiger partial charge on any atom is -0.354 e. The summed E-state index contributed by atoms with van der Waals surface area (Å²) in [6.45, 7) is 5.07. The second-order valence-electron chi connectivity index (χ2n) is 5.92. The number of H-pyrrole nitrogens is 1. The van der Waals surface area contributed by atoms with Crippen LogP contribution in [0.3, 0.4) is 0 Å². The Bertz CT molecular complexity index is 607. The predicted molar refractivity (Wildman–Crippen MR) is 84.7 cm³/mol. The molecule has 0 spiro atoms. The Balaban J connectivity index is 1.93. The molecule has 122 valence electrons. The van der Waals surface area contributed by atoms with E-state index in [9.17, 15) is 9.59 Å². The lowest BCUT2D eigenvalue weighted by atomic mass is 10.0. The molecule has 1 aromatic rings. The highest BCUT2D eigenvalue weighted by Gasteiger charge is 2.34. The van der Waals surface area contributed by atoms with E-state index in [4.69, 9.17) is 12.2 Å². The topological polar surface area (TPSA) is 83.0 Å². The van der Waals surface area contributed by atoms with E-state index in [0.717, 1.165) is 12.2 Å². The zero-order valence-corrected chi connectivity index (χ0v) is 14.1. The highest BCUT2D eigenvalue weighted by Crippen LogP contribution is 2.19. The van der Waals surface area contributed by atoms with Gasteiger partial charge in [0.15, 0.2) is 4.77 Å². The molecular weight excluding hydrogens is 302 g/mol. The molecule has 0 aliphatic carbocycles. The number of likely N-dealkylation sites (tertiary alicyclic amines) is 1. The molecule has 2 rings (SSSR count). The number of amides is 2. The van der Waals surface area contributed by atoms with Crippen LogP contribution in [0.25, 0.3) is 0 Å². The van der Waals surface area contributed by atoms with E-state index in [0.29, 0.717) is 30.7 Å². The molecule has 1 saturated heterocycles. The van der Waals surface area contributed by atoms with E-state index in [1.54, 1.807) is 9.47 Å². The third-order valence-electron chi connectivity index (χ3n) is 3.97. The van der Waals surface area contributed by atoms with Crippen molar-refractivity contribution in [2.24, 2.45) is 13.0 Å². The maximum absolute atomic E-state index is 12.4. The van der Waals surface area contributed by atoms with Gasteiger partial charge in [-0.2, -0.15) is 5.10 Å². The molecule has 22 heavy (non-hydrogen) atoms. The predicted octanol–water partition coefficient (Wildman–Crippen LogP) is 0.783. The number of hydrogen-bond acceptors (Lipinski definition) is 4. The normalized spacial score (nSPS) is 16.4. The van der Waals surface area contributed by atoms with Crippen molar-refractivity contribution in [1.29, 1.82) is 0 Å². The Morgan fingerprint density at radius 2 is 2.23 bits per heavy atom. The molecule has 0 radical (unpaired) electrons. The zero-order valence-electron chi connectivity index (χ0n) is 13.3. The number of hydrogen-bond donors (Lipinski definition) is 2. The maximum Gasteiger partial charge on any atom is 0.243 e. The van der Waals surface area contributed by atoms with E-state index in [1.165, 1.54) is 0 Å². The minimum atomic E-state index is -0.391. The molecule has 2 heterocycles. The SMILES string of the molecule is CC(C)[C@@H](C(=O)NCCc1n[nH]c(=S)n1C)N1CCCC1=O. The van der Waals surface area contributed by atoms with Gasteiger partial charge in [0.2, 0.25) is 11.8 Å². The lowest BCUT2D eigenvalue weighted by Gasteiger charge is -2.29. The summed E-state index contributed by atoms with van der Waals surface area (Å²) in [5.41, 5.74) is 0. The van der Waals surface area contributed by atoms with Crippen LogP contribution in [-0.4, -0.2) is 50.6 Å². The summed E-state index contributed by atoms with van der Waals surface area (Å²) < 4.78 is 2.34. The summed E-state index contributed by atoms with van der Waals surface area (Å²) in [6.07, 6.45) is 1.97. The monoisotopic (exact) mass is 325 g/mol. The van der Waals surface area contributed by atoms with Crippen molar-refractivity contribution in [2.45, 2.75) is 39.2 Å². The van der Waals surface area contributed by atoms with Gasteiger partial charge >= 0.3 is 0 Å². The van der Waals surface area contributed by atoms with Gasteiger partial charge in [-0.1, -0.05) is 13.8 Å².